The Morgan fingerprint density at radius 2 is 2.17 bits per heavy atom. The van der Waals surface area contributed by atoms with Gasteiger partial charge in [-0.25, -0.2) is 0 Å². The van der Waals surface area contributed by atoms with Crippen molar-refractivity contribution in [2.75, 3.05) is 20.1 Å². The molecule has 7 heteroatoms. The Labute approximate surface area is 136 Å². The summed E-state index contributed by atoms with van der Waals surface area (Å²) in [7, 11) is 2.09. The Morgan fingerprint density at radius 3 is 2.87 bits per heavy atom. The van der Waals surface area contributed by atoms with Crippen molar-refractivity contribution in [1.82, 2.24) is 19.9 Å². The highest BCUT2D eigenvalue weighted by atomic mass is 16.6. The first kappa shape index (κ1) is 15.1. The number of carbonyl (C=O) groups is 1. The molecule has 0 N–H and O–H groups in total. The van der Waals surface area contributed by atoms with E-state index >= 15 is 0 Å². The zero-order chi connectivity index (χ0) is 16.0. The van der Waals surface area contributed by atoms with E-state index in [1.165, 1.54) is 12.8 Å². The standard InChI is InChI=1S/C16H24N4O3/c1-10-7-13(16(21)22-10)20-6-5-12(8-20)19(2)9-14-17-15(23-18-14)11-3-4-11/h10-13H,3-9H2,1-2H3/t10-,12-,13+/m1/s1. The Morgan fingerprint density at radius 1 is 1.35 bits per heavy atom. The lowest BCUT2D eigenvalue weighted by atomic mass is 10.1. The van der Waals surface area contributed by atoms with E-state index in [1.54, 1.807) is 0 Å². The predicted molar refractivity (Wildman–Crippen MR) is 81.7 cm³/mol. The molecule has 2 aliphatic heterocycles. The molecule has 0 spiro atoms. The first-order valence-corrected chi connectivity index (χ1v) is 8.57. The van der Waals surface area contributed by atoms with E-state index in [0.29, 0.717) is 18.5 Å². The fourth-order valence-corrected chi connectivity index (χ4v) is 3.62. The number of likely N-dealkylation sites (N-methyl/N-ethyl adjacent to an activating group) is 1. The molecule has 1 aromatic heterocycles. The average molecular weight is 320 g/mol. The number of likely N-dealkylation sites (tertiary alicyclic amines) is 1. The van der Waals surface area contributed by atoms with Crippen LogP contribution in [0.2, 0.25) is 0 Å². The Bertz CT molecular complexity index is 586. The van der Waals surface area contributed by atoms with E-state index in [4.69, 9.17) is 9.26 Å². The van der Waals surface area contributed by atoms with Gasteiger partial charge in [-0.05, 0) is 33.2 Å². The van der Waals surface area contributed by atoms with Gasteiger partial charge in [0.05, 0.1) is 6.54 Å². The minimum Gasteiger partial charge on any atom is -0.461 e. The SMILES string of the molecule is C[C@@H]1C[C@H](N2CC[C@@H](N(C)Cc3noc(C4CC4)n3)C2)C(=O)O1. The van der Waals surface area contributed by atoms with Gasteiger partial charge in [-0.15, -0.1) is 0 Å². The second-order valence-electron chi connectivity index (χ2n) is 7.17. The summed E-state index contributed by atoms with van der Waals surface area (Å²) in [5, 5.41) is 4.09. The molecule has 126 valence electrons. The van der Waals surface area contributed by atoms with Crippen LogP contribution in [0.15, 0.2) is 4.52 Å². The highest BCUT2D eigenvalue weighted by Gasteiger charge is 2.40. The number of carbonyl (C=O) groups excluding carboxylic acids is 1. The van der Waals surface area contributed by atoms with Crippen LogP contribution in [0.4, 0.5) is 0 Å². The maximum absolute atomic E-state index is 11.9. The summed E-state index contributed by atoms with van der Waals surface area (Å²) in [4.78, 5) is 20.9. The highest BCUT2D eigenvalue weighted by molar-refractivity contribution is 5.78. The van der Waals surface area contributed by atoms with Crippen LogP contribution in [0.3, 0.4) is 0 Å². The van der Waals surface area contributed by atoms with E-state index in [2.05, 4.69) is 27.0 Å². The number of nitrogens with zero attached hydrogens (tertiary/aromatic N) is 4. The third-order valence-electron chi connectivity index (χ3n) is 5.20. The van der Waals surface area contributed by atoms with Crippen molar-refractivity contribution in [2.24, 2.45) is 0 Å². The van der Waals surface area contributed by atoms with Crippen molar-refractivity contribution in [1.29, 1.82) is 0 Å². The molecular formula is C16H24N4O3. The van der Waals surface area contributed by atoms with Crippen molar-refractivity contribution in [3.63, 3.8) is 0 Å². The van der Waals surface area contributed by atoms with E-state index < -0.39 is 0 Å². The normalized spacial score (nSPS) is 32.0. The lowest BCUT2D eigenvalue weighted by Crippen LogP contribution is -2.40. The largest absolute Gasteiger partial charge is 0.461 e. The molecule has 3 heterocycles. The van der Waals surface area contributed by atoms with Gasteiger partial charge >= 0.3 is 5.97 Å². The fourth-order valence-electron chi connectivity index (χ4n) is 3.62. The molecular weight excluding hydrogens is 296 g/mol. The van der Waals surface area contributed by atoms with Crippen molar-refractivity contribution < 1.29 is 14.1 Å². The zero-order valence-electron chi connectivity index (χ0n) is 13.8. The monoisotopic (exact) mass is 320 g/mol. The first-order chi connectivity index (χ1) is 11.1. The summed E-state index contributed by atoms with van der Waals surface area (Å²) in [6, 6.07) is 0.358. The van der Waals surface area contributed by atoms with Crippen molar-refractivity contribution >= 4 is 5.97 Å². The zero-order valence-corrected chi connectivity index (χ0v) is 13.8. The minimum atomic E-state index is -0.0620. The minimum absolute atomic E-state index is 0.0458. The van der Waals surface area contributed by atoms with Crippen LogP contribution in [-0.4, -0.2) is 64.2 Å². The van der Waals surface area contributed by atoms with Gasteiger partial charge in [0.1, 0.15) is 12.1 Å². The van der Waals surface area contributed by atoms with Crippen molar-refractivity contribution in [2.45, 2.75) is 63.3 Å². The van der Waals surface area contributed by atoms with Gasteiger partial charge in [0, 0.05) is 31.5 Å². The van der Waals surface area contributed by atoms with Crippen LogP contribution < -0.4 is 0 Å². The van der Waals surface area contributed by atoms with Crippen molar-refractivity contribution in [3.8, 4) is 0 Å². The highest BCUT2D eigenvalue weighted by Crippen LogP contribution is 2.38. The van der Waals surface area contributed by atoms with E-state index in [0.717, 1.165) is 37.6 Å². The summed E-state index contributed by atoms with van der Waals surface area (Å²) in [6.45, 7) is 4.50. The Balaban J connectivity index is 1.32. The third kappa shape index (κ3) is 3.12. The summed E-state index contributed by atoms with van der Waals surface area (Å²) in [5.41, 5.74) is 0. The van der Waals surface area contributed by atoms with E-state index in [9.17, 15) is 4.79 Å². The molecule has 1 saturated carbocycles. The molecule has 3 aliphatic rings. The number of hydrogen-bond acceptors (Lipinski definition) is 7. The predicted octanol–water partition coefficient (Wildman–Crippen LogP) is 1.16. The van der Waals surface area contributed by atoms with Crippen LogP contribution >= 0.6 is 0 Å². The maximum Gasteiger partial charge on any atom is 0.323 e. The summed E-state index contributed by atoms with van der Waals surface area (Å²) in [6.07, 6.45) is 4.26. The number of cyclic esters (lactones) is 1. The number of esters is 1. The molecule has 3 atom stereocenters. The molecule has 4 rings (SSSR count). The molecule has 0 unspecified atom stereocenters. The fraction of sp³-hybridized carbons (Fsp3) is 0.812. The lowest BCUT2D eigenvalue weighted by Gasteiger charge is -2.24. The van der Waals surface area contributed by atoms with Gasteiger partial charge in [0.15, 0.2) is 5.82 Å². The molecule has 7 nitrogen and oxygen atoms in total. The van der Waals surface area contributed by atoms with Gasteiger partial charge in [-0.2, -0.15) is 4.98 Å². The quantitative estimate of drug-likeness (QED) is 0.754. The van der Waals surface area contributed by atoms with Crippen LogP contribution in [0.25, 0.3) is 0 Å². The third-order valence-corrected chi connectivity index (χ3v) is 5.20. The van der Waals surface area contributed by atoms with Gasteiger partial charge < -0.3 is 9.26 Å². The average Bonchev–Trinajstić information content (AvgIpc) is 2.94. The maximum atomic E-state index is 11.9. The van der Waals surface area contributed by atoms with Crippen LogP contribution in [0.5, 0.6) is 0 Å². The molecule has 1 aliphatic carbocycles. The van der Waals surface area contributed by atoms with E-state index in [1.807, 2.05) is 6.92 Å². The number of ether oxygens (including phenoxy) is 1. The van der Waals surface area contributed by atoms with Gasteiger partial charge in [-0.1, -0.05) is 5.16 Å². The Hall–Kier alpha value is -1.47. The molecule has 0 aromatic carbocycles. The first-order valence-electron chi connectivity index (χ1n) is 8.57. The van der Waals surface area contributed by atoms with E-state index in [-0.39, 0.29) is 18.1 Å². The summed E-state index contributed by atoms with van der Waals surface area (Å²) >= 11 is 0. The number of aromatic nitrogens is 2. The number of rotatable bonds is 5. The van der Waals surface area contributed by atoms with Crippen molar-refractivity contribution in [3.05, 3.63) is 11.7 Å². The molecule has 0 radical (unpaired) electrons. The topological polar surface area (TPSA) is 71.7 Å². The van der Waals surface area contributed by atoms with Crippen LogP contribution in [0, 0.1) is 0 Å². The Kier molecular flexibility index (Phi) is 3.85. The molecule has 1 aromatic rings. The van der Waals surface area contributed by atoms with Crippen LogP contribution in [-0.2, 0) is 16.1 Å². The molecule has 3 fully saturated rings. The smallest absolute Gasteiger partial charge is 0.323 e. The van der Waals surface area contributed by atoms with Crippen LogP contribution in [0.1, 0.15) is 50.2 Å². The second-order valence-corrected chi connectivity index (χ2v) is 7.17. The van der Waals surface area contributed by atoms with Gasteiger partial charge in [-0.3, -0.25) is 14.6 Å². The molecule has 23 heavy (non-hydrogen) atoms. The lowest BCUT2D eigenvalue weighted by molar-refractivity contribution is -0.144. The molecule has 0 bridgehead atoms. The summed E-state index contributed by atoms with van der Waals surface area (Å²) in [5.74, 6) is 2.00. The second kappa shape index (κ2) is 5.87. The molecule has 0 amide bonds. The molecule has 2 saturated heterocycles. The van der Waals surface area contributed by atoms with Gasteiger partial charge in [0.25, 0.3) is 0 Å². The number of hydrogen-bond donors (Lipinski definition) is 0. The van der Waals surface area contributed by atoms with Gasteiger partial charge in [0.2, 0.25) is 5.89 Å². The summed E-state index contributed by atoms with van der Waals surface area (Å²) < 4.78 is 10.6.